The van der Waals surface area contributed by atoms with E-state index < -0.39 is 30.6 Å². The molecule has 0 amide bonds. The summed E-state index contributed by atoms with van der Waals surface area (Å²) in [6, 6.07) is 0. The summed E-state index contributed by atoms with van der Waals surface area (Å²) in [4.78, 5) is 0. The maximum Gasteiger partial charge on any atom is 0.424 e. The molecule has 0 aromatic carbocycles. The molecule has 0 bridgehead atoms. The van der Waals surface area contributed by atoms with Gasteiger partial charge in [0.25, 0.3) is 0 Å². The number of nitrogens with one attached hydrogen (secondary N) is 1. The first-order valence-corrected chi connectivity index (χ1v) is 4.26. The van der Waals surface area contributed by atoms with E-state index in [0.717, 1.165) is 6.92 Å². The van der Waals surface area contributed by atoms with Gasteiger partial charge in [-0.15, -0.1) is 0 Å². The molecule has 0 unspecified atom stereocenters. The monoisotopic (exact) mass is 277 g/mol. The summed E-state index contributed by atoms with van der Waals surface area (Å²) in [6.07, 6.45) is -19.9. The fourth-order valence-corrected chi connectivity index (χ4v) is 1.10. The Hall–Kier alpha value is -0.670. The maximum atomic E-state index is 12.2. The Kier molecular flexibility index (Phi) is 4.36. The molecule has 0 aliphatic heterocycles. The third-order valence-electron chi connectivity index (χ3n) is 1.92. The SMILES string of the molecule is CCCNC(C(F)(F)F)(C(F)(F)F)C(F)(F)F. The van der Waals surface area contributed by atoms with E-state index in [0.29, 0.717) is 5.32 Å². The lowest BCUT2D eigenvalue weighted by molar-refractivity contribution is -0.389. The fraction of sp³-hybridized carbons (Fsp3) is 1.00. The van der Waals surface area contributed by atoms with Gasteiger partial charge in [-0.25, -0.2) is 0 Å². The Balaban J connectivity index is 5.75. The Bertz CT molecular complexity index is 212. The van der Waals surface area contributed by atoms with Crippen molar-refractivity contribution in [3.63, 3.8) is 0 Å². The molecule has 0 radical (unpaired) electrons. The highest BCUT2D eigenvalue weighted by atomic mass is 19.4. The molecule has 104 valence electrons. The summed E-state index contributed by atoms with van der Waals surface area (Å²) in [5.41, 5.74) is -5.89. The zero-order chi connectivity index (χ0) is 14.1. The van der Waals surface area contributed by atoms with Crippen molar-refractivity contribution >= 4 is 0 Å². The summed E-state index contributed by atoms with van der Waals surface area (Å²) < 4.78 is 110. The summed E-state index contributed by atoms with van der Waals surface area (Å²) in [6.45, 7) is 0.0689. The summed E-state index contributed by atoms with van der Waals surface area (Å²) in [5, 5.41) is 0.528. The van der Waals surface area contributed by atoms with Crippen LogP contribution in [0.1, 0.15) is 13.3 Å². The van der Waals surface area contributed by atoms with Crippen molar-refractivity contribution in [1.82, 2.24) is 5.32 Å². The standard InChI is InChI=1S/C7H8F9N/c1-2-3-17-4(5(8,9)10,6(11,12)13)7(14,15)16/h17H,2-3H2,1H3. The van der Waals surface area contributed by atoms with Gasteiger partial charge in [-0.1, -0.05) is 6.92 Å². The van der Waals surface area contributed by atoms with E-state index in [-0.39, 0.29) is 6.42 Å². The van der Waals surface area contributed by atoms with E-state index in [1.54, 1.807) is 0 Å². The molecule has 0 rings (SSSR count). The minimum atomic E-state index is -6.53. The van der Waals surface area contributed by atoms with E-state index in [9.17, 15) is 39.5 Å². The van der Waals surface area contributed by atoms with Gasteiger partial charge < -0.3 is 0 Å². The molecule has 0 spiro atoms. The lowest BCUT2D eigenvalue weighted by Gasteiger charge is -2.39. The molecule has 10 heteroatoms. The maximum absolute atomic E-state index is 12.2. The fourth-order valence-electron chi connectivity index (χ4n) is 1.10. The average Bonchev–Trinajstić information content (AvgIpc) is 1.96. The summed E-state index contributed by atoms with van der Waals surface area (Å²) in [7, 11) is 0. The van der Waals surface area contributed by atoms with Crippen molar-refractivity contribution in [3.8, 4) is 0 Å². The van der Waals surface area contributed by atoms with Crippen molar-refractivity contribution in [1.29, 1.82) is 0 Å². The zero-order valence-electron chi connectivity index (χ0n) is 8.32. The highest BCUT2D eigenvalue weighted by molar-refractivity contribution is 5.07. The van der Waals surface area contributed by atoms with Gasteiger partial charge in [0, 0.05) is 0 Å². The number of hydrogen-bond donors (Lipinski definition) is 1. The van der Waals surface area contributed by atoms with Crippen LogP contribution in [0.5, 0.6) is 0 Å². The first kappa shape index (κ1) is 16.3. The number of halogens is 9. The molecule has 0 aliphatic rings. The van der Waals surface area contributed by atoms with Gasteiger partial charge in [0.2, 0.25) is 0 Å². The topological polar surface area (TPSA) is 12.0 Å². The average molecular weight is 277 g/mol. The predicted molar refractivity (Wildman–Crippen MR) is 39.2 cm³/mol. The Morgan fingerprint density at radius 2 is 1.00 bits per heavy atom. The van der Waals surface area contributed by atoms with E-state index in [1.807, 2.05) is 0 Å². The van der Waals surface area contributed by atoms with E-state index >= 15 is 0 Å². The highest BCUT2D eigenvalue weighted by Crippen LogP contribution is 2.52. The van der Waals surface area contributed by atoms with Crippen LogP contribution in [0.15, 0.2) is 0 Å². The third kappa shape index (κ3) is 2.78. The number of hydrogen-bond acceptors (Lipinski definition) is 1. The molecule has 0 fully saturated rings. The van der Waals surface area contributed by atoms with Gasteiger partial charge >= 0.3 is 24.1 Å². The van der Waals surface area contributed by atoms with Gasteiger partial charge in [-0.3, -0.25) is 5.32 Å². The number of alkyl halides is 9. The Morgan fingerprint density at radius 3 is 1.18 bits per heavy atom. The number of rotatable bonds is 3. The van der Waals surface area contributed by atoms with Crippen LogP contribution < -0.4 is 5.32 Å². The van der Waals surface area contributed by atoms with Crippen LogP contribution in [0.2, 0.25) is 0 Å². The molecule has 0 aliphatic carbocycles. The normalized spacial score (nSPS) is 15.2. The van der Waals surface area contributed by atoms with Crippen molar-refractivity contribution in [2.24, 2.45) is 0 Å². The van der Waals surface area contributed by atoms with Gasteiger partial charge in [-0.05, 0) is 13.0 Å². The van der Waals surface area contributed by atoms with Crippen LogP contribution in [0.25, 0.3) is 0 Å². The van der Waals surface area contributed by atoms with Crippen molar-refractivity contribution in [2.75, 3.05) is 6.54 Å². The molecule has 1 N–H and O–H groups in total. The summed E-state index contributed by atoms with van der Waals surface area (Å²) >= 11 is 0. The molecule has 0 aromatic heterocycles. The van der Waals surface area contributed by atoms with Crippen LogP contribution in [0.4, 0.5) is 39.5 Å². The summed E-state index contributed by atoms with van der Waals surface area (Å²) in [5.74, 6) is 0. The largest absolute Gasteiger partial charge is 0.424 e. The van der Waals surface area contributed by atoms with Gasteiger partial charge in [0.15, 0.2) is 0 Å². The highest BCUT2D eigenvalue weighted by Gasteiger charge is 2.83. The minimum Gasteiger partial charge on any atom is -0.288 e. The molecule has 0 heterocycles. The van der Waals surface area contributed by atoms with Gasteiger partial charge in [0.1, 0.15) is 0 Å². The molecular formula is C7H8F9N. The molecule has 1 nitrogen and oxygen atoms in total. The van der Waals surface area contributed by atoms with Gasteiger partial charge in [0.05, 0.1) is 0 Å². The first-order valence-electron chi connectivity index (χ1n) is 4.26. The van der Waals surface area contributed by atoms with Crippen LogP contribution in [0.3, 0.4) is 0 Å². The predicted octanol–water partition coefficient (Wildman–Crippen LogP) is 3.41. The Labute approximate surface area is 90.0 Å². The van der Waals surface area contributed by atoms with E-state index in [1.165, 1.54) is 0 Å². The van der Waals surface area contributed by atoms with Gasteiger partial charge in [-0.2, -0.15) is 39.5 Å². The lowest BCUT2D eigenvalue weighted by atomic mass is 9.96. The third-order valence-corrected chi connectivity index (χ3v) is 1.92. The van der Waals surface area contributed by atoms with E-state index in [4.69, 9.17) is 0 Å². The second-order valence-corrected chi connectivity index (χ2v) is 3.17. The van der Waals surface area contributed by atoms with Crippen LogP contribution in [-0.2, 0) is 0 Å². The van der Waals surface area contributed by atoms with Crippen molar-refractivity contribution < 1.29 is 39.5 Å². The lowest BCUT2D eigenvalue weighted by Crippen LogP contribution is -2.74. The smallest absolute Gasteiger partial charge is 0.288 e. The van der Waals surface area contributed by atoms with Crippen molar-refractivity contribution in [2.45, 2.75) is 37.4 Å². The quantitative estimate of drug-likeness (QED) is 0.779. The molecule has 0 saturated carbocycles. The minimum absolute atomic E-state index is 0.315. The van der Waals surface area contributed by atoms with Crippen molar-refractivity contribution in [3.05, 3.63) is 0 Å². The molecule has 0 saturated heterocycles. The first-order chi connectivity index (χ1) is 7.31. The second-order valence-electron chi connectivity index (χ2n) is 3.17. The van der Waals surface area contributed by atoms with Crippen LogP contribution in [0, 0.1) is 0 Å². The van der Waals surface area contributed by atoms with Crippen LogP contribution in [-0.4, -0.2) is 30.6 Å². The molecule has 0 aromatic rings. The Morgan fingerprint density at radius 1 is 0.706 bits per heavy atom. The molecule has 17 heavy (non-hydrogen) atoms. The second kappa shape index (κ2) is 4.54. The zero-order valence-corrected chi connectivity index (χ0v) is 8.32. The van der Waals surface area contributed by atoms with E-state index in [2.05, 4.69) is 0 Å². The molecular weight excluding hydrogens is 269 g/mol. The molecule has 0 atom stereocenters. The van der Waals surface area contributed by atoms with Crippen LogP contribution >= 0.6 is 0 Å².